The van der Waals surface area contributed by atoms with Gasteiger partial charge in [-0.1, -0.05) is 19.9 Å². The van der Waals surface area contributed by atoms with Gasteiger partial charge in [0.05, 0.1) is 24.2 Å². The molecule has 138 valence electrons. The van der Waals surface area contributed by atoms with Crippen molar-refractivity contribution in [2.45, 2.75) is 27.0 Å². The molecule has 0 saturated heterocycles. The SMILES string of the molecule is CC(C)Cn1cc(-c2cccc3nc(Nc4ccnc(CO)c4)nn23)cn1. The minimum absolute atomic E-state index is 0.112. The Morgan fingerprint density at radius 2 is 2.11 bits per heavy atom. The summed E-state index contributed by atoms with van der Waals surface area (Å²) in [5, 5.41) is 21.4. The van der Waals surface area contributed by atoms with Crippen LogP contribution in [0.4, 0.5) is 11.6 Å². The second-order valence-corrected chi connectivity index (χ2v) is 6.78. The van der Waals surface area contributed by atoms with E-state index in [-0.39, 0.29) is 6.61 Å². The van der Waals surface area contributed by atoms with Gasteiger partial charge in [-0.15, -0.1) is 5.10 Å². The third-order valence-corrected chi connectivity index (χ3v) is 4.08. The molecule has 0 fully saturated rings. The van der Waals surface area contributed by atoms with Gasteiger partial charge < -0.3 is 10.4 Å². The lowest BCUT2D eigenvalue weighted by Gasteiger charge is -2.04. The van der Waals surface area contributed by atoms with E-state index in [2.05, 4.69) is 39.3 Å². The summed E-state index contributed by atoms with van der Waals surface area (Å²) in [6, 6.07) is 9.44. The van der Waals surface area contributed by atoms with Crippen molar-refractivity contribution in [1.29, 1.82) is 0 Å². The van der Waals surface area contributed by atoms with Gasteiger partial charge in [-0.3, -0.25) is 9.67 Å². The first kappa shape index (κ1) is 17.2. The van der Waals surface area contributed by atoms with Crippen LogP contribution in [-0.2, 0) is 13.2 Å². The average Bonchev–Trinajstić information content (AvgIpc) is 3.27. The van der Waals surface area contributed by atoms with Gasteiger partial charge >= 0.3 is 0 Å². The number of rotatable bonds is 6. The van der Waals surface area contributed by atoms with Crippen LogP contribution in [0.15, 0.2) is 48.9 Å². The summed E-state index contributed by atoms with van der Waals surface area (Å²) >= 11 is 0. The van der Waals surface area contributed by atoms with E-state index in [1.54, 1.807) is 16.8 Å². The summed E-state index contributed by atoms with van der Waals surface area (Å²) in [6.07, 6.45) is 5.51. The molecule has 0 aliphatic rings. The zero-order chi connectivity index (χ0) is 18.8. The summed E-state index contributed by atoms with van der Waals surface area (Å²) < 4.78 is 3.75. The van der Waals surface area contributed by atoms with Gasteiger partial charge in [0.15, 0.2) is 5.65 Å². The molecule has 0 amide bonds. The zero-order valence-corrected chi connectivity index (χ0v) is 15.2. The number of nitrogens with zero attached hydrogens (tertiary/aromatic N) is 6. The van der Waals surface area contributed by atoms with Gasteiger partial charge in [0.2, 0.25) is 5.95 Å². The Labute approximate surface area is 156 Å². The van der Waals surface area contributed by atoms with E-state index in [1.807, 2.05) is 41.3 Å². The maximum atomic E-state index is 9.23. The second kappa shape index (κ2) is 7.16. The lowest BCUT2D eigenvalue weighted by atomic mass is 10.2. The smallest absolute Gasteiger partial charge is 0.247 e. The molecule has 4 aromatic rings. The molecular weight excluding hydrogens is 342 g/mol. The predicted molar refractivity (Wildman–Crippen MR) is 102 cm³/mol. The van der Waals surface area contributed by atoms with Crippen molar-refractivity contribution >= 4 is 17.3 Å². The van der Waals surface area contributed by atoms with Crippen LogP contribution in [0.25, 0.3) is 16.9 Å². The number of hydrogen-bond acceptors (Lipinski definition) is 6. The topological polar surface area (TPSA) is 93.2 Å². The Bertz CT molecular complexity index is 1070. The molecule has 0 bridgehead atoms. The highest BCUT2D eigenvalue weighted by Crippen LogP contribution is 2.22. The molecule has 0 unspecified atom stereocenters. The fourth-order valence-electron chi connectivity index (χ4n) is 2.92. The maximum Gasteiger partial charge on any atom is 0.247 e. The lowest BCUT2D eigenvalue weighted by molar-refractivity contribution is 0.277. The van der Waals surface area contributed by atoms with E-state index in [0.717, 1.165) is 29.1 Å². The first-order chi connectivity index (χ1) is 13.1. The van der Waals surface area contributed by atoms with E-state index in [9.17, 15) is 5.11 Å². The third kappa shape index (κ3) is 3.65. The zero-order valence-electron chi connectivity index (χ0n) is 15.2. The Morgan fingerprint density at radius 1 is 1.22 bits per heavy atom. The molecule has 0 spiro atoms. The van der Waals surface area contributed by atoms with Crippen LogP contribution in [0.3, 0.4) is 0 Å². The highest BCUT2D eigenvalue weighted by Gasteiger charge is 2.11. The fourth-order valence-corrected chi connectivity index (χ4v) is 2.92. The second-order valence-electron chi connectivity index (χ2n) is 6.78. The quantitative estimate of drug-likeness (QED) is 0.547. The van der Waals surface area contributed by atoms with E-state index < -0.39 is 0 Å². The first-order valence-electron chi connectivity index (χ1n) is 8.84. The summed E-state index contributed by atoms with van der Waals surface area (Å²) in [4.78, 5) is 8.61. The van der Waals surface area contributed by atoms with Crippen LogP contribution in [0.2, 0.25) is 0 Å². The highest BCUT2D eigenvalue weighted by atomic mass is 16.3. The number of pyridine rings is 2. The number of aliphatic hydroxyl groups is 1. The van der Waals surface area contributed by atoms with Gasteiger partial charge in [-0.2, -0.15) is 10.1 Å². The van der Waals surface area contributed by atoms with Crippen LogP contribution >= 0.6 is 0 Å². The minimum atomic E-state index is -0.112. The van der Waals surface area contributed by atoms with Crippen molar-refractivity contribution < 1.29 is 5.11 Å². The molecule has 0 aliphatic carbocycles. The third-order valence-electron chi connectivity index (χ3n) is 4.08. The van der Waals surface area contributed by atoms with Crippen molar-refractivity contribution in [2.24, 2.45) is 5.92 Å². The highest BCUT2D eigenvalue weighted by molar-refractivity contribution is 5.63. The summed E-state index contributed by atoms with van der Waals surface area (Å²) in [7, 11) is 0. The molecule has 0 aliphatic heterocycles. The fraction of sp³-hybridized carbons (Fsp3) is 0.263. The Balaban J connectivity index is 1.66. The van der Waals surface area contributed by atoms with Gasteiger partial charge in [0, 0.05) is 30.2 Å². The summed E-state index contributed by atoms with van der Waals surface area (Å²) in [5.74, 6) is 1.01. The van der Waals surface area contributed by atoms with Crippen LogP contribution in [0.5, 0.6) is 0 Å². The number of hydrogen-bond donors (Lipinski definition) is 2. The number of anilines is 2. The minimum Gasteiger partial charge on any atom is -0.390 e. The van der Waals surface area contributed by atoms with Crippen LogP contribution in [0.1, 0.15) is 19.5 Å². The molecule has 0 atom stereocenters. The lowest BCUT2D eigenvalue weighted by Crippen LogP contribution is -2.04. The molecule has 4 heterocycles. The molecule has 4 aromatic heterocycles. The van der Waals surface area contributed by atoms with Gasteiger partial charge in [0.1, 0.15) is 0 Å². The molecule has 0 saturated carbocycles. The molecule has 27 heavy (non-hydrogen) atoms. The van der Waals surface area contributed by atoms with Crippen LogP contribution in [-0.4, -0.2) is 34.5 Å². The van der Waals surface area contributed by atoms with E-state index in [1.165, 1.54) is 0 Å². The van der Waals surface area contributed by atoms with Crippen molar-refractivity contribution in [3.05, 3.63) is 54.6 Å². The largest absolute Gasteiger partial charge is 0.390 e. The molecule has 0 aromatic carbocycles. The number of aromatic nitrogens is 6. The van der Waals surface area contributed by atoms with Crippen molar-refractivity contribution in [2.75, 3.05) is 5.32 Å². The molecule has 0 radical (unpaired) electrons. The average molecular weight is 363 g/mol. The Kier molecular flexibility index (Phi) is 4.55. The van der Waals surface area contributed by atoms with Gasteiger partial charge in [-0.05, 0) is 30.2 Å². The first-order valence-corrected chi connectivity index (χ1v) is 8.84. The predicted octanol–water partition coefficient (Wildman–Crippen LogP) is 2.88. The van der Waals surface area contributed by atoms with Crippen molar-refractivity contribution in [1.82, 2.24) is 29.4 Å². The van der Waals surface area contributed by atoms with Gasteiger partial charge in [0.25, 0.3) is 0 Å². The number of fused-ring (bicyclic) bond motifs is 1. The van der Waals surface area contributed by atoms with Crippen LogP contribution in [0, 0.1) is 5.92 Å². The monoisotopic (exact) mass is 363 g/mol. The maximum absolute atomic E-state index is 9.23. The number of nitrogens with one attached hydrogen (secondary N) is 1. The standard InChI is InChI=1S/C19H21N7O/c1-13(2)10-25-11-14(9-21-25)17-4-3-5-18-23-19(24-26(17)18)22-15-6-7-20-16(8-15)12-27/h3-9,11,13,27H,10,12H2,1-2H3,(H,20,22,24). The summed E-state index contributed by atoms with van der Waals surface area (Å²) in [5.41, 5.74) is 4.01. The van der Waals surface area contributed by atoms with E-state index >= 15 is 0 Å². The van der Waals surface area contributed by atoms with E-state index in [4.69, 9.17) is 0 Å². The van der Waals surface area contributed by atoms with Crippen molar-refractivity contribution in [3.63, 3.8) is 0 Å². The molecule has 8 nitrogen and oxygen atoms in total. The molecule has 4 rings (SSSR count). The number of aliphatic hydroxyl groups excluding tert-OH is 1. The Hall–Kier alpha value is -3.26. The molecule has 8 heteroatoms. The van der Waals surface area contributed by atoms with E-state index in [0.29, 0.717) is 17.6 Å². The van der Waals surface area contributed by atoms with Crippen LogP contribution < -0.4 is 5.32 Å². The van der Waals surface area contributed by atoms with Crippen molar-refractivity contribution in [3.8, 4) is 11.3 Å². The normalized spacial score (nSPS) is 11.4. The Morgan fingerprint density at radius 3 is 2.93 bits per heavy atom. The molecular formula is C19H21N7O. The molecule has 2 N–H and O–H groups in total. The summed E-state index contributed by atoms with van der Waals surface area (Å²) in [6.45, 7) is 5.09. The van der Waals surface area contributed by atoms with Gasteiger partial charge in [-0.25, -0.2) is 4.52 Å².